The van der Waals surface area contributed by atoms with Crippen molar-refractivity contribution in [2.24, 2.45) is 11.1 Å². The molecule has 1 atom stereocenters. The Labute approximate surface area is 98.1 Å². The van der Waals surface area contributed by atoms with Crippen LogP contribution in [0.3, 0.4) is 0 Å². The number of ether oxygens (including phenoxy) is 1. The average Bonchev–Trinajstić information content (AvgIpc) is 2.45. The van der Waals surface area contributed by atoms with Crippen LogP contribution in [0.1, 0.15) is 40.5 Å². The molecule has 1 unspecified atom stereocenters. The van der Waals surface area contributed by atoms with Gasteiger partial charge in [0.05, 0.1) is 0 Å². The van der Waals surface area contributed by atoms with Crippen molar-refractivity contribution in [2.75, 3.05) is 19.6 Å². The van der Waals surface area contributed by atoms with Crippen molar-refractivity contribution in [3.05, 3.63) is 0 Å². The fourth-order valence-corrected chi connectivity index (χ4v) is 2.06. The minimum atomic E-state index is -0.413. The Hall–Kier alpha value is -0.770. The number of likely N-dealkylation sites (tertiary alicyclic amines) is 1. The lowest BCUT2D eigenvalue weighted by atomic mass is 9.86. The van der Waals surface area contributed by atoms with Gasteiger partial charge >= 0.3 is 6.09 Å². The van der Waals surface area contributed by atoms with Crippen LogP contribution in [-0.4, -0.2) is 36.2 Å². The Kier molecular flexibility index (Phi) is 3.84. The second-order valence-electron chi connectivity index (χ2n) is 6.00. The third-order valence-corrected chi connectivity index (χ3v) is 2.96. The SMILES string of the molecule is CC1(CCN)CCN(C(=O)OC(C)(C)C)C1. The summed E-state index contributed by atoms with van der Waals surface area (Å²) in [4.78, 5) is 13.6. The first kappa shape index (κ1) is 13.3. The lowest BCUT2D eigenvalue weighted by Crippen LogP contribution is -2.36. The molecular formula is C12H24N2O2. The first-order valence-corrected chi connectivity index (χ1v) is 5.94. The van der Waals surface area contributed by atoms with Gasteiger partial charge in [0.1, 0.15) is 5.60 Å². The predicted octanol–water partition coefficient (Wildman–Crippen LogP) is 1.98. The van der Waals surface area contributed by atoms with Gasteiger partial charge in [-0.15, -0.1) is 0 Å². The van der Waals surface area contributed by atoms with Crippen molar-refractivity contribution < 1.29 is 9.53 Å². The molecule has 2 N–H and O–H groups in total. The Morgan fingerprint density at radius 1 is 1.50 bits per heavy atom. The topological polar surface area (TPSA) is 55.6 Å². The molecular weight excluding hydrogens is 204 g/mol. The van der Waals surface area contributed by atoms with Crippen LogP contribution in [0.25, 0.3) is 0 Å². The van der Waals surface area contributed by atoms with Crippen molar-refractivity contribution in [2.45, 2.75) is 46.1 Å². The van der Waals surface area contributed by atoms with Gasteiger partial charge in [0, 0.05) is 13.1 Å². The van der Waals surface area contributed by atoms with Crippen LogP contribution in [0, 0.1) is 5.41 Å². The molecule has 0 spiro atoms. The Morgan fingerprint density at radius 2 is 2.12 bits per heavy atom. The normalized spacial score (nSPS) is 25.9. The van der Waals surface area contributed by atoms with Crippen LogP contribution in [-0.2, 0) is 4.74 Å². The van der Waals surface area contributed by atoms with E-state index in [2.05, 4.69) is 6.92 Å². The molecule has 4 nitrogen and oxygen atoms in total. The zero-order valence-corrected chi connectivity index (χ0v) is 10.9. The van der Waals surface area contributed by atoms with E-state index in [4.69, 9.17) is 10.5 Å². The third kappa shape index (κ3) is 3.67. The molecule has 1 aliphatic rings. The van der Waals surface area contributed by atoms with E-state index < -0.39 is 5.60 Å². The first-order valence-electron chi connectivity index (χ1n) is 5.94. The van der Waals surface area contributed by atoms with Gasteiger partial charge in [0.15, 0.2) is 0 Å². The van der Waals surface area contributed by atoms with Crippen LogP contribution in [0.5, 0.6) is 0 Å². The van der Waals surface area contributed by atoms with Crippen molar-refractivity contribution in [1.82, 2.24) is 4.90 Å². The van der Waals surface area contributed by atoms with E-state index in [1.54, 1.807) is 4.90 Å². The monoisotopic (exact) mass is 228 g/mol. The largest absolute Gasteiger partial charge is 0.444 e. The summed E-state index contributed by atoms with van der Waals surface area (Å²) in [5, 5.41) is 0. The second kappa shape index (κ2) is 4.62. The summed E-state index contributed by atoms with van der Waals surface area (Å²) in [7, 11) is 0. The van der Waals surface area contributed by atoms with Gasteiger partial charge < -0.3 is 15.4 Å². The molecule has 0 bridgehead atoms. The van der Waals surface area contributed by atoms with E-state index in [0.29, 0.717) is 6.54 Å². The number of carbonyl (C=O) groups excluding carboxylic acids is 1. The minimum Gasteiger partial charge on any atom is -0.444 e. The maximum absolute atomic E-state index is 11.8. The molecule has 0 aliphatic carbocycles. The summed E-state index contributed by atoms with van der Waals surface area (Å²) in [6, 6.07) is 0. The highest BCUT2D eigenvalue weighted by Crippen LogP contribution is 2.33. The summed E-state index contributed by atoms with van der Waals surface area (Å²) in [5.74, 6) is 0. The number of nitrogens with zero attached hydrogens (tertiary/aromatic N) is 1. The van der Waals surface area contributed by atoms with Crippen molar-refractivity contribution in [3.63, 3.8) is 0 Å². The average molecular weight is 228 g/mol. The third-order valence-electron chi connectivity index (χ3n) is 2.96. The molecule has 16 heavy (non-hydrogen) atoms. The fourth-order valence-electron chi connectivity index (χ4n) is 2.06. The number of hydrogen-bond acceptors (Lipinski definition) is 3. The number of amides is 1. The van der Waals surface area contributed by atoms with Crippen LogP contribution >= 0.6 is 0 Å². The van der Waals surface area contributed by atoms with E-state index in [1.165, 1.54) is 0 Å². The highest BCUT2D eigenvalue weighted by Gasteiger charge is 2.36. The standard InChI is InChI=1S/C12H24N2O2/c1-11(2,3)16-10(15)14-8-6-12(4,9-14)5-7-13/h5-9,13H2,1-4H3. The van der Waals surface area contributed by atoms with Crippen LogP contribution in [0.15, 0.2) is 0 Å². The van der Waals surface area contributed by atoms with E-state index in [1.807, 2.05) is 20.8 Å². The summed E-state index contributed by atoms with van der Waals surface area (Å²) in [6.07, 6.45) is 1.78. The molecule has 4 heteroatoms. The Bertz CT molecular complexity index is 260. The smallest absolute Gasteiger partial charge is 0.410 e. The lowest BCUT2D eigenvalue weighted by molar-refractivity contribution is 0.0274. The quantitative estimate of drug-likeness (QED) is 0.786. The molecule has 1 aliphatic heterocycles. The number of rotatable bonds is 2. The van der Waals surface area contributed by atoms with Gasteiger partial charge in [-0.25, -0.2) is 4.79 Å². The van der Waals surface area contributed by atoms with Crippen LogP contribution < -0.4 is 5.73 Å². The zero-order valence-electron chi connectivity index (χ0n) is 10.9. The van der Waals surface area contributed by atoms with Crippen molar-refractivity contribution >= 4 is 6.09 Å². The van der Waals surface area contributed by atoms with Gasteiger partial charge in [-0.1, -0.05) is 6.92 Å². The summed E-state index contributed by atoms with van der Waals surface area (Å²) >= 11 is 0. The maximum Gasteiger partial charge on any atom is 0.410 e. The summed E-state index contributed by atoms with van der Waals surface area (Å²) in [6.45, 7) is 10.1. The highest BCUT2D eigenvalue weighted by atomic mass is 16.6. The Morgan fingerprint density at radius 3 is 2.62 bits per heavy atom. The molecule has 0 aromatic rings. The second-order valence-corrected chi connectivity index (χ2v) is 6.00. The summed E-state index contributed by atoms with van der Waals surface area (Å²) < 4.78 is 5.35. The molecule has 0 saturated carbocycles. The molecule has 0 aromatic heterocycles. The fraction of sp³-hybridized carbons (Fsp3) is 0.917. The van der Waals surface area contributed by atoms with E-state index in [9.17, 15) is 4.79 Å². The van der Waals surface area contributed by atoms with E-state index in [0.717, 1.165) is 25.9 Å². The molecule has 0 aromatic carbocycles. The first-order chi connectivity index (χ1) is 7.26. The van der Waals surface area contributed by atoms with Gasteiger partial charge in [-0.3, -0.25) is 0 Å². The van der Waals surface area contributed by atoms with Gasteiger partial charge in [0.2, 0.25) is 0 Å². The zero-order chi connectivity index (χ0) is 12.4. The maximum atomic E-state index is 11.8. The predicted molar refractivity (Wildman–Crippen MR) is 64.2 cm³/mol. The molecule has 1 rings (SSSR count). The number of nitrogens with two attached hydrogens (primary N) is 1. The lowest BCUT2D eigenvalue weighted by Gasteiger charge is -2.26. The van der Waals surface area contributed by atoms with E-state index >= 15 is 0 Å². The van der Waals surface area contributed by atoms with Crippen LogP contribution in [0.4, 0.5) is 4.79 Å². The van der Waals surface area contributed by atoms with Gasteiger partial charge in [-0.2, -0.15) is 0 Å². The molecule has 1 fully saturated rings. The van der Waals surface area contributed by atoms with Crippen molar-refractivity contribution in [3.8, 4) is 0 Å². The Balaban J connectivity index is 2.50. The van der Waals surface area contributed by atoms with Gasteiger partial charge in [-0.05, 0) is 45.6 Å². The van der Waals surface area contributed by atoms with E-state index in [-0.39, 0.29) is 11.5 Å². The number of carbonyl (C=O) groups is 1. The molecule has 1 amide bonds. The molecule has 0 radical (unpaired) electrons. The van der Waals surface area contributed by atoms with Gasteiger partial charge in [0.25, 0.3) is 0 Å². The number of hydrogen-bond donors (Lipinski definition) is 1. The highest BCUT2D eigenvalue weighted by molar-refractivity contribution is 5.68. The van der Waals surface area contributed by atoms with Crippen molar-refractivity contribution in [1.29, 1.82) is 0 Å². The molecule has 94 valence electrons. The minimum absolute atomic E-state index is 0.172. The van der Waals surface area contributed by atoms with Crippen LogP contribution in [0.2, 0.25) is 0 Å². The molecule has 1 saturated heterocycles. The molecule has 1 heterocycles. The summed E-state index contributed by atoms with van der Waals surface area (Å²) in [5.41, 5.74) is 5.34.